The third-order valence-electron chi connectivity index (χ3n) is 1.96. The van der Waals surface area contributed by atoms with Crippen LogP contribution >= 0.6 is 11.6 Å². The minimum Gasteiger partial charge on any atom is -0.362 e. The fourth-order valence-electron chi connectivity index (χ4n) is 0.960. The summed E-state index contributed by atoms with van der Waals surface area (Å²) in [6, 6.07) is 0.0923. The Hall–Kier alpha value is -1.43. The van der Waals surface area contributed by atoms with E-state index >= 15 is 0 Å². The molecule has 1 aromatic rings. The molecule has 0 aliphatic heterocycles. The van der Waals surface area contributed by atoms with E-state index in [-0.39, 0.29) is 22.7 Å². The molecule has 1 atom stereocenters. The minimum absolute atomic E-state index is 0.0923. The Kier molecular flexibility index (Phi) is 3.79. The zero-order valence-electron chi connectivity index (χ0n) is 8.40. The van der Waals surface area contributed by atoms with Gasteiger partial charge in [-0.25, -0.2) is 9.97 Å². The summed E-state index contributed by atoms with van der Waals surface area (Å²) in [5.74, 6) is 0.161. The first-order chi connectivity index (χ1) is 7.06. The van der Waals surface area contributed by atoms with E-state index in [4.69, 9.17) is 11.6 Å². The molecule has 82 valence electrons. The fraction of sp³-hybridized carbons (Fsp3) is 0.500. The molecule has 1 heterocycles. The van der Waals surface area contributed by atoms with E-state index in [1.807, 2.05) is 13.8 Å². The number of aromatic nitrogens is 2. The molecule has 0 spiro atoms. The van der Waals surface area contributed by atoms with E-state index in [1.54, 1.807) is 0 Å². The average Bonchev–Trinajstić information content (AvgIpc) is 2.17. The van der Waals surface area contributed by atoms with Gasteiger partial charge in [-0.2, -0.15) is 0 Å². The third kappa shape index (κ3) is 2.76. The van der Waals surface area contributed by atoms with Crippen molar-refractivity contribution in [3.63, 3.8) is 0 Å². The Bertz CT molecular complexity index is 372. The molecule has 1 N–H and O–H groups in total. The number of nitrogens with zero attached hydrogens (tertiary/aromatic N) is 3. The van der Waals surface area contributed by atoms with E-state index in [9.17, 15) is 10.1 Å². The van der Waals surface area contributed by atoms with Crippen LogP contribution in [-0.2, 0) is 0 Å². The summed E-state index contributed by atoms with van der Waals surface area (Å²) < 4.78 is 0. The van der Waals surface area contributed by atoms with Gasteiger partial charge in [0.15, 0.2) is 0 Å². The molecule has 0 aromatic carbocycles. The second-order valence-electron chi connectivity index (χ2n) is 3.07. The molecule has 0 aliphatic carbocycles. The SMILES string of the molecule is CC[C@H](C)Nc1ncnc(Cl)c1[N+](=O)[O-]. The number of anilines is 1. The molecule has 6 nitrogen and oxygen atoms in total. The van der Waals surface area contributed by atoms with E-state index < -0.39 is 4.92 Å². The van der Waals surface area contributed by atoms with Gasteiger partial charge >= 0.3 is 5.69 Å². The lowest BCUT2D eigenvalue weighted by Gasteiger charge is -2.11. The smallest absolute Gasteiger partial charge is 0.348 e. The molecule has 0 radical (unpaired) electrons. The van der Waals surface area contributed by atoms with Crippen LogP contribution in [0.4, 0.5) is 11.5 Å². The van der Waals surface area contributed by atoms with Gasteiger partial charge in [-0.3, -0.25) is 10.1 Å². The lowest BCUT2D eigenvalue weighted by molar-refractivity contribution is -0.384. The van der Waals surface area contributed by atoms with Crippen LogP contribution in [0.1, 0.15) is 20.3 Å². The van der Waals surface area contributed by atoms with Gasteiger partial charge in [-0.15, -0.1) is 0 Å². The summed E-state index contributed by atoms with van der Waals surface area (Å²) in [5.41, 5.74) is -0.278. The molecule has 0 saturated carbocycles. The number of nitrogens with one attached hydrogen (secondary N) is 1. The molecular formula is C8H11ClN4O2. The maximum Gasteiger partial charge on any atom is 0.348 e. The van der Waals surface area contributed by atoms with Crippen LogP contribution in [0.3, 0.4) is 0 Å². The standard InChI is InChI=1S/C8H11ClN4O2/c1-3-5(2)12-8-6(13(14)15)7(9)10-4-11-8/h4-5H,3H2,1-2H3,(H,10,11,12)/t5-/m0/s1. The highest BCUT2D eigenvalue weighted by atomic mass is 35.5. The van der Waals surface area contributed by atoms with Crippen molar-refractivity contribution in [1.82, 2.24) is 9.97 Å². The Morgan fingerprint density at radius 1 is 1.67 bits per heavy atom. The van der Waals surface area contributed by atoms with E-state index in [0.29, 0.717) is 0 Å². The van der Waals surface area contributed by atoms with E-state index in [1.165, 1.54) is 6.33 Å². The normalized spacial score (nSPS) is 12.2. The molecular weight excluding hydrogens is 220 g/mol. The van der Waals surface area contributed by atoms with E-state index in [0.717, 1.165) is 6.42 Å². The molecule has 0 unspecified atom stereocenters. The first-order valence-electron chi connectivity index (χ1n) is 4.47. The Labute approximate surface area is 91.8 Å². The van der Waals surface area contributed by atoms with Crippen molar-refractivity contribution in [2.75, 3.05) is 5.32 Å². The summed E-state index contributed by atoms with van der Waals surface area (Å²) in [6.45, 7) is 3.87. The third-order valence-corrected chi connectivity index (χ3v) is 2.23. The van der Waals surface area contributed by atoms with Crippen molar-refractivity contribution in [2.45, 2.75) is 26.3 Å². The van der Waals surface area contributed by atoms with Crippen LogP contribution in [0.25, 0.3) is 0 Å². The van der Waals surface area contributed by atoms with Crippen LogP contribution in [-0.4, -0.2) is 20.9 Å². The molecule has 15 heavy (non-hydrogen) atoms. The van der Waals surface area contributed by atoms with Gasteiger partial charge in [0.1, 0.15) is 6.33 Å². The molecule has 0 fully saturated rings. The molecule has 1 aromatic heterocycles. The second kappa shape index (κ2) is 4.88. The lowest BCUT2D eigenvalue weighted by atomic mass is 10.2. The fourth-order valence-corrected chi connectivity index (χ4v) is 1.16. The van der Waals surface area contributed by atoms with E-state index in [2.05, 4.69) is 15.3 Å². The van der Waals surface area contributed by atoms with Gasteiger partial charge in [-0.1, -0.05) is 18.5 Å². The van der Waals surface area contributed by atoms with Crippen molar-refractivity contribution in [3.8, 4) is 0 Å². The number of hydrogen-bond acceptors (Lipinski definition) is 5. The van der Waals surface area contributed by atoms with Crippen molar-refractivity contribution >= 4 is 23.1 Å². The summed E-state index contributed by atoms with van der Waals surface area (Å²) in [5, 5.41) is 13.5. The summed E-state index contributed by atoms with van der Waals surface area (Å²) in [4.78, 5) is 17.5. The van der Waals surface area contributed by atoms with Crippen LogP contribution < -0.4 is 5.32 Å². The molecule has 0 aliphatic rings. The molecule has 1 rings (SSSR count). The number of halogens is 1. The highest BCUT2D eigenvalue weighted by Gasteiger charge is 2.21. The molecule has 0 bridgehead atoms. The van der Waals surface area contributed by atoms with Crippen LogP contribution in [0.2, 0.25) is 5.15 Å². The average molecular weight is 231 g/mol. The van der Waals surface area contributed by atoms with Gasteiger partial charge in [0.05, 0.1) is 4.92 Å². The Morgan fingerprint density at radius 2 is 2.33 bits per heavy atom. The topological polar surface area (TPSA) is 81.0 Å². The van der Waals surface area contributed by atoms with Gasteiger partial charge < -0.3 is 5.32 Å². The van der Waals surface area contributed by atoms with Gasteiger partial charge in [0.2, 0.25) is 11.0 Å². The predicted octanol–water partition coefficient (Wildman–Crippen LogP) is 2.25. The minimum atomic E-state index is -0.590. The summed E-state index contributed by atoms with van der Waals surface area (Å²) in [6.07, 6.45) is 2.03. The maximum atomic E-state index is 10.7. The van der Waals surface area contributed by atoms with Crippen molar-refractivity contribution in [3.05, 3.63) is 21.6 Å². The van der Waals surface area contributed by atoms with Crippen LogP contribution in [0.5, 0.6) is 0 Å². The first kappa shape index (κ1) is 11.6. The number of rotatable bonds is 4. The monoisotopic (exact) mass is 230 g/mol. The van der Waals surface area contributed by atoms with Crippen LogP contribution in [0, 0.1) is 10.1 Å². The highest BCUT2D eigenvalue weighted by molar-refractivity contribution is 6.31. The molecule has 0 saturated heterocycles. The summed E-state index contributed by atoms with van der Waals surface area (Å²) >= 11 is 5.62. The molecule has 0 amide bonds. The number of hydrogen-bond donors (Lipinski definition) is 1. The first-order valence-corrected chi connectivity index (χ1v) is 4.85. The Morgan fingerprint density at radius 3 is 2.87 bits per heavy atom. The summed E-state index contributed by atoms with van der Waals surface area (Å²) in [7, 11) is 0. The highest BCUT2D eigenvalue weighted by Crippen LogP contribution is 2.28. The van der Waals surface area contributed by atoms with Crippen LogP contribution in [0.15, 0.2) is 6.33 Å². The maximum absolute atomic E-state index is 10.7. The predicted molar refractivity (Wildman–Crippen MR) is 57.1 cm³/mol. The zero-order chi connectivity index (χ0) is 11.4. The van der Waals surface area contributed by atoms with Gasteiger partial charge in [0, 0.05) is 6.04 Å². The van der Waals surface area contributed by atoms with Crippen molar-refractivity contribution in [1.29, 1.82) is 0 Å². The zero-order valence-corrected chi connectivity index (χ0v) is 9.15. The number of nitro groups is 1. The molecule has 7 heteroatoms. The quantitative estimate of drug-likeness (QED) is 0.487. The lowest BCUT2D eigenvalue weighted by Crippen LogP contribution is -2.16. The largest absolute Gasteiger partial charge is 0.362 e. The van der Waals surface area contributed by atoms with Crippen molar-refractivity contribution in [2.24, 2.45) is 0 Å². The Balaban J connectivity index is 3.06. The van der Waals surface area contributed by atoms with Crippen molar-refractivity contribution < 1.29 is 4.92 Å². The second-order valence-corrected chi connectivity index (χ2v) is 3.43. The van der Waals surface area contributed by atoms with Gasteiger partial charge in [-0.05, 0) is 13.3 Å². The van der Waals surface area contributed by atoms with Gasteiger partial charge in [0.25, 0.3) is 0 Å².